The van der Waals surface area contributed by atoms with Crippen LogP contribution in [0.2, 0.25) is 0 Å². The molecule has 3 aromatic rings. The lowest BCUT2D eigenvalue weighted by atomic mass is 10.1. The van der Waals surface area contributed by atoms with Crippen molar-refractivity contribution >= 4 is 5.91 Å². The Bertz CT molecular complexity index is 1090. The fourth-order valence-corrected chi connectivity index (χ4v) is 3.88. The molecule has 1 amide bonds. The molecule has 27 heavy (non-hydrogen) atoms. The molecule has 2 aliphatic rings. The Morgan fingerprint density at radius 1 is 1.15 bits per heavy atom. The average molecular weight is 362 g/mol. The number of carbonyl (C=O) groups is 1. The number of nitrogens with zero attached hydrogens (tertiary/aromatic N) is 4. The van der Waals surface area contributed by atoms with Gasteiger partial charge in [-0.05, 0) is 37.8 Å². The van der Waals surface area contributed by atoms with Crippen molar-refractivity contribution in [3.63, 3.8) is 0 Å². The molecular formula is C19H18N6O2. The molecule has 0 radical (unpaired) electrons. The Morgan fingerprint density at radius 3 is 2.93 bits per heavy atom. The topological polar surface area (TPSA) is 108 Å². The standard InChI is InChI=1S/C19H18N6O2/c26-18-12-7-9-25(19(27)16-11-4-3-6-13(11)23-24-16)10-15(12)21-17(22-18)14-5-1-2-8-20-14/h1-2,5,8H,3-4,6-7,9-10H2,(H,23,24)(H,21,22,26). The van der Waals surface area contributed by atoms with Gasteiger partial charge in [-0.2, -0.15) is 5.10 Å². The van der Waals surface area contributed by atoms with Gasteiger partial charge in [-0.3, -0.25) is 19.7 Å². The van der Waals surface area contributed by atoms with Crippen LogP contribution in [0.4, 0.5) is 0 Å². The molecule has 136 valence electrons. The highest BCUT2D eigenvalue weighted by Crippen LogP contribution is 2.25. The van der Waals surface area contributed by atoms with E-state index in [2.05, 4.69) is 25.1 Å². The van der Waals surface area contributed by atoms with Crippen molar-refractivity contribution in [2.45, 2.75) is 32.2 Å². The summed E-state index contributed by atoms with van der Waals surface area (Å²) in [4.78, 5) is 38.8. The van der Waals surface area contributed by atoms with E-state index in [4.69, 9.17) is 0 Å². The summed E-state index contributed by atoms with van der Waals surface area (Å²) >= 11 is 0. The summed E-state index contributed by atoms with van der Waals surface area (Å²) in [6, 6.07) is 5.45. The minimum atomic E-state index is -0.159. The zero-order valence-electron chi connectivity index (χ0n) is 14.7. The molecule has 0 aromatic carbocycles. The summed E-state index contributed by atoms with van der Waals surface area (Å²) in [6.07, 6.45) is 5.03. The number of amides is 1. The van der Waals surface area contributed by atoms with Gasteiger partial charge in [0.15, 0.2) is 11.5 Å². The van der Waals surface area contributed by atoms with Crippen molar-refractivity contribution < 1.29 is 4.79 Å². The van der Waals surface area contributed by atoms with E-state index in [-0.39, 0.29) is 11.5 Å². The van der Waals surface area contributed by atoms with Gasteiger partial charge in [0.2, 0.25) is 0 Å². The Kier molecular flexibility index (Phi) is 3.63. The Hall–Kier alpha value is -3.29. The van der Waals surface area contributed by atoms with Gasteiger partial charge >= 0.3 is 0 Å². The summed E-state index contributed by atoms with van der Waals surface area (Å²) in [7, 11) is 0. The SMILES string of the molecule is O=C(c1n[nH]c2c1CCC2)N1CCc2c(nc(-c3ccccn3)[nH]c2=O)C1. The third-order valence-electron chi connectivity index (χ3n) is 5.28. The molecule has 8 nitrogen and oxygen atoms in total. The van der Waals surface area contributed by atoms with Crippen LogP contribution < -0.4 is 5.56 Å². The number of pyridine rings is 1. The summed E-state index contributed by atoms with van der Waals surface area (Å²) in [5.74, 6) is 0.329. The van der Waals surface area contributed by atoms with E-state index < -0.39 is 0 Å². The lowest BCUT2D eigenvalue weighted by molar-refractivity contribution is 0.0724. The van der Waals surface area contributed by atoms with E-state index in [1.807, 2.05) is 12.1 Å². The monoisotopic (exact) mass is 362 g/mol. The lowest BCUT2D eigenvalue weighted by Crippen LogP contribution is -2.39. The number of nitrogens with one attached hydrogen (secondary N) is 2. The van der Waals surface area contributed by atoms with Gasteiger partial charge in [-0.25, -0.2) is 4.98 Å². The van der Waals surface area contributed by atoms with Gasteiger partial charge in [0.25, 0.3) is 11.5 Å². The second kappa shape index (κ2) is 6.15. The van der Waals surface area contributed by atoms with E-state index in [1.165, 1.54) is 0 Å². The first-order valence-corrected chi connectivity index (χ1v) is 9.09. The number of H-pyrrole nitrogens is 2. The summed E-state index contributed by atoms with van der Waals surface area (Å²) in [5.41, 5.74) is 4.35. The zero-order chi connectivity index (χ0) is 18.4. The van der Waals surface area contributed by atoms with Gasteiger partial charge in [0.1, 0.15) is 5.69 Å². The fraction of sp³-hybridized carbons (Fsp3) is 0.316. The number of aryl methyl sites for hydroxylation is 1. The van der Waals surface area contributed by atoms with Crippen molar-refractivity contribution in [1.29, 1.82) is 0 Å². The van der Waals surface area contributed by atoms with Gasteiger partial charge in [-0.1, -0.05) is 6.07 Å². The van der Waals surface area contributed by atoms with Crippen molar-refractivity contribution in [1.82, 2.24) is 30.0 Å². The van der Waals surface area contributed by atoms with Crippen LogP contribution in [0.15, 0.2) is 29.2 Å². The average Bonchev–Trinajstić information content (AvgIpc) is 3.31. The van der Waals surface area contributed by atoms with Gasteiger partial charge in [0.05, 0.1) is 12.2 Å². The lowest BCUT2D eigenvalue weighted by Gasteiger charge is -2.27. The van der Waals surface area contributed by atoms with E-state index in [9.17, 15) is 9.59 Å². The number of aromatic amines is 2. The number of carbonyl (C=O) groups excluding carboxylic acids is 1. The quantitative estimate of drug-likeness (QED) is 0.713. The van der Waals surface area contributed by atoms with Crippen molar-refractivity contribution in [2.24, 2.45) is 0 Å². The first-order valence-electron chi connectivity index (χ1n) is 9.09. The Balaban J connectivity index is 1.47. The van der Waals surface area contributed by atoms with E-state index in [0.717, 1.165) is 30.5 Å². The molecule has 0 saturated carbocycles. The second-order valence-corrected chi connectivity index (χ2v) is 6.91. The number of hydrogen-bond donors (Lipinski definition) is 2. The molecule has 0 fully saturated rings. The highest BCUT2D eigenvalue weighted by Gasteiger charge is 2.30. The van der Waals surface area contributed by atoms with Crippen LogP contribution in [0.3, 0.4) is 0 Å². The highest BCUT2D eigenvalue weighted by molar-refractivity contribution is 5.94. The zero-order valence-corrected chi connectivity index (χ0v) is 14.7. The molecule has 0 atom stereocenters. The van der Waals surface area contributed by atoms with Crippen LogP contribution in [-0.2, 0) is 25.8 Å². The summed E-state index contributed by atoms with van der Waals surface area (Å²) in [5, 5.41) is 7.23. The Labute approximate surface area is 154 Å². The third-order valence-corrected chi connectivity index (χ3v) is 5.28. The minimum Gasteiger partial charge on any atom is -0.331 e. The van der Waals surface area contributed by atoms with Gasteiger partial charge in [0, 0.05) is 29.6 Å². The molecule has 0 saturated heterocycles. The molecular weight excluding hydrogens is 344 g/mol. The maximum Gasteiger partial charge on any atom is 0.275 e. The van der Waals surface area contributed by atoms with E-state index in [1.54, 1.807) is 17.2 Å². The molecule has 2 N–H and O–H groups in total. The molecule has 1 aliphatic heterocycles. The van der Waals surface area contributed by atoms with E-state index >= 15 is 0 Å². The number of rotatable bonds is 2. The first-order chi connectivity index (χ1) is 13.2. The molecule has 1 aliphatic carbocycles. The molecule has 3 aromatic heterocycles. The van der Waals surface area contributed by atoms with Crippen molar-refractivity contribution in [3.05, 3.63) is 63.0 Å². The van der Waals surface area contributed by atoms with Gasteiger partial charge < -0.3 is 9.88 Å². The number of hydrogen-bond acceptors (Lipinski definition) is 5. The van der Waals surface area contributed by atoms with Gasteiger partial charge in [-0.15, -0.1) is 0 Å². The van der Waals surface area contributed by atoms with E-state index in [0.29, 0.717) is 48.0 Å². The molecule has 0 bridgehead atoms. The largest absolute Gasteiger partial charge is 0.331 e. The van der Waals surface area contributed by atoms with Crippen LogP contribution in [-0.4, -0.2) is 42.5 Å². The van der Waals surface area contributed by atoms with Crippen molar-refractivity contribution in [3.8, 4) is 11.5 Å². The molecule has 8 heteroatoms. The number of aromatic nitrogens is 5. The normalized spacial score (nSPS) is 15.5. The predicted octanol–water partition coefficient (Wildman–Crippen LogP) is 1.24. The molecule has 0 unspecified atom stereocenters. The minimum absolute atomic E-state index is 0.0958. The smallest absolute Gasteiger partial charge is 0.275 e. The molecule has 0 spiro atoms. The third kappa shape index (κ3) is 2.64. The Morgan fingerprint density at radius 2 is 2.07 bits per heavy atom. The van der Waals surface area contributed by atoms with Crippen LogP contribution in [0.1, 0.15) is 39.4 Å². The fourth-order valence-electron chi connectivity index (χ4n) is 3.88. The maximum atomic E-state index is 13.0. The van der Waals surface area contributed by atoms with Crippen LogP contribution in [0.5, 0.6) is 0 Å². The first kappa shape index (κ1) is 15.9. The van der Waals surface area contributed by atoms with Crippen LogP contribution in [0.25, 0.3) is 11.5 Å². The highest BCUT2D eigenvalue weighted by atomic mass is 16.2. The van der Waals surface area contributed by atoms with Crippen LogP contribution >= 0.6 is 0 Å². The molecule has 5 rings (SSSR count). The van der Waals surface area contributed by atoms with Crippen molar-refractivity contribution in [2.75, 3.05) is 6.54 Å². The number of fused-ring (bicyclic) bond motifs is 2. The van der Waals surface area contributed by atoms with Crippen LogP contribution in [0, 0.1) is 0 Å². The molecule has 4 heterocycles. The summed E-state index contributed by atoms with van der Waals surface area (Å²) in [6.45, 7) is 0.792. The maximum absolute atomic E-state index is 13.0. The second-order valence-electron chi connectivity index (χ2n) is 6.91. The summed E-state index contributed by atoms with van der Waals surface area (Å²) < 4.78 is 0. The predicted molar refractivity (Wildman–Crippen MR) is 97.1 cm³/mol.